The second-order valence-corrected chi connectivity index (χ2v) is 8.08. The Morgan fingerprint density at radius 2 is 1.78 bits per heavy atom. The van der Waals surface area contributed by atoms with E-state index in [0.29, 0.717) is 24.8 Å². The number of para-hydroxylation sites is 2. The molecule has 32 heavy (non-hydrogen) atoms. The first-order valence-corrected chi connectivity index (χ1v) is 11.2. The van der Waals surface area contributed by atoms with E-state index in [-0.39, 0.29) is 11.8 Å². The summed E-state index contributed by atoms with van der Waals surface area (Å²) in [4.78, 5) is 24.9. The van der Waals surface area contributed by atoms with E-state index in [4.69, 9.17) is 9.72 Å². The van der Waals surface area contributed by atoms with E-state index in [1.54, 1.807) is 0 Å². The summed E-state index contributed by atoms with van der Waals surface area (Å²) >= 11 is 0. The number of hydrogen-bond acceptors (Lipinski definition) is 5. The van der Waals surface area contributed by atoms with Crippen LogP contribution in [-0.4, -0.2) is 35.6 Å². The summed E-state index contributed by atoms with van der Waals surface area (Å²) in [6.45, 7) is 3.87. The highest BCUT2D eigenvalue weighted by molar-refractivity contribution is 6.03. The number of fused-ring (bicyclic) bond motifs is 2. The van der Waals surface area contributed by atoms with Gasteiger partial charge in [-0.2, -0.15) is 0 Å². The molecule has 0 radical (unpaired) electrons. The molecule has 0 aliphatic carbocycles. The van der Waals surface area contributed by atoms with Crippen molar-refractivity contribution in [3.8, 4) is 5.88 Å². The molecule has 162 valence electrons. The van der Waals surface area contributed by atoms with Gasteiger partial charge in [-0.25, -0.2) is 9.97 Å². The molecule has 1 aromatic heterocycles. The van der Waals surface area contributed by atoms with Crippen LogP contribution in [0.2, 0.25) is 0 Å². The maximum atomic E-state index is 13.2. The smallest absolute Gasteiger partial charge is 0.258 e. The van der Waals surface area contributed by atoms with Crippen LogP contribution >= 0.6 is 0 Å². The van der Waals surface area contributed by atoms with Crippen molar-refractivity contribution in [2.45, 2.75) is 19.8 Å². The number of carbonyl (C=O) groups excluding carboxylic acids is 1. The molecule has 4 aromatic rings. The van der Waals surface area contributed by atoms with E-state index in [0.717, 1.165) is 46.9 Å². The van der Waals surface area contributed by atoms with E-state index in [2.05, 4.69) is 27.3 Å². The van der Waals surface area contributed by atoms with Gasteiger partial charge in [0.15, 0.2) is 5.82 Å². The van der Waals surface area contributed by atoms with Crippen LogP contribution in [0.25, 0.3) is 21.8 Å². The number of piperidine rings is 1. The van der Waals surface area contributed by atoms with Gasteiger partial charge in [-0.15, -0.1) is 0 Å². The SMILES string of the molecule is CCOc1nc2ccccc2nc1N1CCCC(C(=O)Nc2cccc3ccccc23)C1. The first-order valence-electron chi connectivity index (χ1n) is 11.2. The average molecular weight is 427 g/mol. The standard InChI is InChI=1S/C26H26N4O2/c1-2-32-26-24(27-22-13-5-6-14-23(22)29-26)30-16-8-11-19(17-30)25(31)28-21-15-7-10-18-9-3-4-12-20(18)21/h3-7,9-10,12-15,19H,2,8,11,16-17H2,1H3,(H,28,31). The van der Waals surface area contributed by atoms with Crippen molar-refractivity contribution >= 4 is 39.2 Å². The predicted molar refractivity (Wildman–Crippen MR) is 128 cm³/mol. The quantitative estimate of drug-likeness (QED) is 0.484. The monoisotopic (exact) mass is 426 g/mol. The first kappa shape index (κ1) is 20.2. The number of amides is 1. The summed E-state index contributed by atoms with van der Waals surface area (Å²) in [6.07, 6.45) is 1.76. The fourth-order valence-electron chi connectivity index (χ4n) is 4.37. The fraction of sp³-hybridized carbons (Fsp3) is 0.269. The van der Waals surface area contributed by atoms with Crippen LogP contribution in [0.3, 0.4) is 0 Å². The molecule has 1 saturated heterocycles. The summed E-state index contributed by atoms with van der Waals surface area (Å²) < 4.78 is 5.82. The Labute approximate surface area is 187 Å². The highest BCUT2D eigenvalue weighted by atomic mass is 16.5. The van der Waals surface area contributed by atoms with Gasteiger partial charge in [0.25, 0.3) is 5.88 Å². The molecule has 5 rings (SSSR count). The first-order chi connectivity index (χ1) is 15.7. The number of benzene rings is 3. The molecule has 3 aromatic carbocycles. The summed E-state index contributed by atoms with van der Waals surface area (Å²) in [5.74, 6) is 1.15. The van der Waals surface area contributed by atoms with Crippen molar-refractivity contribution in [3.63, 3.8) is 0 Å². The van der Waals surface area contributed by atoms with Crippen LogP contribution in [0.1, 0.15) is 19.8 Å². The molecule has 1 aliphatic rings. The predicted octanol–water partition coefficient (Wildman–Crippen LogP) is 5.04. The molecule has 1 unspecified atom stereocenters. The van der Waals surface area contributed by atoms with Crippen molar-refractivity contribution in [3.05, 3.63) is 66.7 Å². The van der Waals surface area contributed by atoms with Crippen LogP contribution in [0.5, 0.6) is 5.88 Å². The highest BCUT2D eigenvalue weighted by Crippen LogP contribution is 2.31. The van der Waals surface area contributed by atoms with Gasteiger partial charge >= 0.3 is 0 Å². The fourth-order valence-corrected chi connectivity index (χ4v) is 4.37. The normalized spacial score (nSPS) is 16.3. The van der Waals surface area contributed by atoms with Gasteiger partial charge in [0.2, 0.25) is 5.91 Å². The van der Waals surface area contributed by atoms with Crippen molar-refractivity contribution < 1.29 is 9.53 Å². The van der Waals surface area contributed by atoms with Gasteiger partial charge in [0.1, 0.15) is 0 Å². The second kappa shape index (κ2) is 8.83. The number of carbonyl (C=O) groups is 1. The number of hydrogen-bond donors (Lipinski definition) is 1. The molecule has 0 bridgehead atoms. The van der Waals surface area contributed by atoms with Crippen LogP contribution < -0.4 is 15.0 Å². The number of aromatic nitrogens is 2. The Balaban J connectivity index is 1.39. The van der Waals surface area contributed by atoms with E-state index in [1.165, 1.54) is 0 Å². The molecule has 2 heterocycles. The van der Waals surface area contributed by atoms with Gasteiger partial charge in [0.05, 0.1) is 23.6 Å². The van der Waals surface area contributed by atoms with Crippen LogP contribution in [-0.2, 0) is 4.79 Å². The third-order valence-corrected chi connectivity index (χ3v) is 5.94. The largest absolute Gasteiger partial charge is 0.475 e. The zero-order valence-electron chi connectivity index (χ0n) is 18.1. The molecule has 6 nitrogen and oxygen atoms in total. The Hall–Kier alpha value is -3.67. The summed E-state index contributed by atoms with van der Waals surface area (Å²) in [5, 5.41) is 5.33. The number of rotatable bonds is 5. The van der Waals surface area contributed by atoms with E-state index in [1.807, 2.05) is 61.5 Å². The molecular formula is C26H26N4O2. The molecule has 0 saturated carbocycles. The van der Waals surface area contributed by atoms with Gasteiger partial charge in [0, 0.05) is 24.2 Å². The van der Waals surface area contributed by atoms with Crippen LogP contribution in [0.15, 0.2) is 66.7 Å². The maximum Gasteiger partial charge on any atom is 0.258 e. The zero-order valence-corrected chi connectivity index (χ0v) is 18.1. The molecular weight excluding hydrogens is 400 g/mol. The van der Waals surface area contributed by atoms with Gasteiger partial charge in [-0.1, -0.05) is 48.5 Å². The van der Waals surface area contributed by atoms with Crippen molar-refractivity contribution in [2.24, 2.45) is 5.92 Å². The van der Waals surface area contributed by atoms with Crippen LogP contribution in [0, 0.1) is 5.92 Å². The Morgan fingerprint density at radius 1 is 1.03 bits per heavy atom. The minimum absolute atomic E-state index is 0.0396. The maximum absolute atomic E-state index is 13.2. The number of nitrogens with zero attached hydrogens (tertiary/aromatic N) is 3. The zero-order chi connectivity index (χ0) is 21.9. The minimum Gasteiger partial charge on any atom is -0.475 e. The summed E-state index contributed by atoms with van der Waals surface area (Å²) in [6, 6.07) is 21.9. The molecule has 1 fully saturated rings. The minimum atomic E-state index is -0.134. The summed E-state index contributed by atoms with van der Waals surface area (Å²) in [7, 11) is 0. The van der Waals surface area contributed by atoms with Crippen molar-refractivity contribution in [2.75, 3.05) is 29.9 Å². The van der Waals surface area contributed by atoms with Crippen molar-refractivity contribution in [1.29, 1.82) is 0 Å². The lowest BCUT2D eigenvalue weighted by molar-refractivity contribution is -0.120. The Kier molecular flexibility index (Phi) is 5.58. The molecule has 0 spiro atoms. The average Bonchev–Trinajstić information content (AvgIpc) is 2.84. The van der Waals surface area contributed by atoms with Gasteiger partial charge in [-0.05, 0) is 43.4 Å². The van der Waals surface area contributed by atoms with Crippen molar-refractivity contribution in [1.82, 2.24) is 9.97 Å². The van der Waals surface area contributed by atoms with Gasteiger partial charge < -0.3 is 15.0 Å². The lowest BCUT2D eigenvalue weighted by Crippen LogP contribution is -2.41. The topological polar surface area (TPSA) is 67.4 Å². The molecule has 1 amide bonds. The number of nitrogens with one attached hydrogen (secondary N) is 1. The van der Waals surface area contributed by atoms with Crippen LogP contribution in [0.4, 0.5) is 11.5 Å². The third-order valence-electron chi connectivity index (χ3n) is 5.94. The molecule has 6 heteroatoms. The van der Waals surface area contributed by atoms with E-state index < -0.39 is 0 Å². The number of ether oxygens (including phenoxy) is 1. The third kappa shape index (κ3) is 3.96. The summed E-state index contributed by atoms with van der Waals surface area (Å²) in [5.41, 5.74) is 2.49. The van der Waals surface area contributed by atoms with Gasteiger partial charge in [-0.3, -0.25) is 4.79 Å². The lowest BCUT2D eigenvalue weighted by Gasteiger charge is -2.33. The second-order valence-electron chi connectivity index (χ2n) is 8.08. The Morgan fingerprint density at radius 3 is 2.62 bits per heavy atom. The van der Waals surface area contributed by atoms with E-state index >= 15 is 0 Å². The lowest BCUT2D eigenvalue weighted by atomic mass is 9.96. The molecule has 1 atom stereocenters. The number of anilines is 2. The van der Waals surface area contributed by atoms with E-state index in [9.17, 15) is 4.79 Å². The highest BCUT2D eigenvalue weighted by Gasteiger charge is 2.29. The molecule has 1 aliphatic heterocycles. The molecule has 1 N–H and O–H groups in total. The Bertz CT molecular complexity index is 1270.